The molecule has 1 aliphatic heterocycles. The Balaban J connectivity index is 1.61. The first-order valence-electron chi connectivity index (χ1n) is 9.45. The highest BCUT2D eigenvalue weighted by atomic mass is 19.4. The Kier molecular flexibility index (Phi) is 5.32. The van der Waals surface area contributed by atoms with Gasteiger partial charge in [0.25, 0.3) is 0 Å². The highest BCUT2D eigenvalue weighted by molar-refractivity contribution is 5.66. The van der Waals surface area contributed by atoms with Crippen molar-refractivity contribution in [1.82, 2.24) is 4.98 Å². The molecule has 2 heterocycles. The van der Waals surface area contributed by atoms with Crippen molar-refractivity contribution in [2.45, 2.75) is 25.9 Å². The highest BCUT2D eigenvalue weighted by Crippen LogP contribution is 2.41. The van der Waals surface area contributed by atoms with Gasteiger partial charge in [0.05, 0.1) is 5.56 Å². The molecule has 0 N–H and O–H groups in total. The summed E-state index contributed by atoms with van der Waals surface area (Å²) in [5.74, 6) is -0.332. The Bertz CT molecular complexity index is 1090. The number of nitrogens with zero attached hydrogens (tertiary/aromatic N) is 2. The average Bonchev–Trinajstić information content (AvgIpc) is 2.72. The van der Waals surface area contributed by atoms with E-state index in [-0.39, 0.29) is 24.7 Å². The van der Waals surface area contributed by atoms with Gasteiger partial charge in [-0.05, 0) is 54.4 Å². The zero-order chi connectivity index (χ0) is 22.2. The Morgan fingerprint density at radius 3 is 2.52 bits per heavy atom. The molecule has 4 rings (SSSR count). The van der Waals surface area contributed by atoms with Gasteiger partial charge in [0.2, 0.25) is 6.73 Å². The summed E-state index contributed by atoms with van der Waals surface area (Å²) in [5, 5.41) is 13.4. The number of aromatic nitrogens is 1. The van der Waals surface area contributed by atoms with Crippen molar-refractivity contribution in [3.05, 3.63) is 83.1 Å². The van der Waals surface area contributed by atoms with Gasteiger partial charge in [-0.1, -0.05) is 18.2 Å². The van der Waals surface area contributed by atoms with Crippen LogP contribution in [-0.4, -0.2) is 22.7 Å². The van der Waals surface area contributed by atoms with Gasteiger partial charge in [-0.25, -0.2) is 4.39 Å². The number of rotatable bonds is 4. The Labute approximate surface area is 175 Å². The smallest absolute Gasteiger partial charge is 0.573 e. The summed E-state index contributed by atoms with van der Waals surface area (Å²) in [6, 6.07) is 12.8. The van der Waals surface area contributed by atoms with Crippen molar-refractivity contribution >= 4 is 0 Å². The van der Waals surface area contributed by atoms with Gasteiger partial charge in [-0.15, -0.1) is 13.2 Å². The van der Waals surface area contributed by atoms with Crippen molar-refractivity contribution in [3.8, 4) is 22.6 Å². The number of ether oxygens (including phenoxy) is 2. The normalized spacial score (nSPS) is 20.6. The number of hydrogen-bond acceptors (Lipinski definition) is 4. The number of benzene rings is 2. The van der Waals surface area contributed by atoms with Crippen LogP contribution in [-0.2, 0) is 6.54 Å². The van der Waals surface area contributed by atoms with E-state index < -0.39 is 22.9 Å². The first-order chi connectivity index (χ1) is 14.6. The maximum atomic E-state index is 14.0. The fraction of sp³-hybridized carbons (Fsp3) is 0.227. The van der Waals surface area contributed by atoms with E-state index in [0.29, 0.717) is 22.4 Å². The molecule has 31 heavy (non-hydrogen) atoms. The van der Waals surface area contributed by atoms with E-state index in [4.69, 9.17) is 4.74 Å². The molecular formula is C22H18F4N2O3. The summed E-state index contributed by atoms with van der Waals surface area (Å²) in [4.78, 5) is 3.97. The third-order valence-corrected chi connectivity index (χ3v) is 5.28. The van der Waals surface area contributed by atoms with Gasteiger partial charge in [0.1, 0.15) is 29.8 Å². The molecule has 0 bridgehead atoms. The number of alkyl halides is 3. The van der Waals surface area contributed by atoms with Crippen molar-refractivity contribution in [2.24, 2.45) is 0 Å². The number of pyridine rings is 1. The summed E-state index contributed by atoms with van der Waals surface area (Å²) in [6.45, 7) is 1.35. The number of hydroxylamine groups is 3. The second kappa shape index (κ2) is 7.82. The molecular weight excluding hydrogens is 416 g/mol. The lowest BCUT2D eigenvalue weighted by Crippen LogP contribution is -2.49. The molecule has 162 valence electrons. The Morgan fingerprint density at radius 1 is 1.13 bits per heavy atom. The lowest BCUT2D eigenvalue weighted by molar-refractivity contribution is -0.940. The van der Waals surface area contributed by atoms with E-state index in [1.807, 2.05) is 0 Å². The van der Waals surface area contributed by atoms with Crippen LogP contribution >= 0.6 is 0 Å². The van der Waals surface area contributed by atoms with Gasteiger partial charge in [0, 0.05) is 6.20 Å². The Morgan fingerprint density at radius 2 is 1.84 bits per heavy atom. The SMILES string of the molecule is CC1c2cc(-c3ccc(OC(F)(F)F)cc3)ccc2OC[N+]1([O-])Cc1ncccc1F. The first-order valence-corrected chi connectivity index (χ1v) is 9.45. The van der Waals surface area contributed by atoms with E-state index >= 15 is 0 Å². The molecule has 2 atom stereocenters. The molecule has 1 aliphatic rings. The molecule has 0 spiro atoms. The molecule has 3 aromatic rings. The van der Waals surface area contributed by atoms with Crippen LogP contribution in [0.3, 0.4) is 0 Å². The monoisotopic (exact) mass is 434 g/mol. The number of fused-ring (bicyclic) bond motifs is 1. The lowest BCUT2D eigenvalue weighted by atomic mass is 9.97. The Hall–Kier alpha value is -3.17. The standard InChI is InChI=1S/C22H18F4N2O3/c1-14-18-11-16(15-4-7-17(8-5-15)31-22(24,25)26)6-9-21(18)30-13-28(14,29)12-20-19(23)3-2-10-27-20/h2-11,14H,12-13H2,1H3. The van der Waals surface area contributed by atoms with Crippen molar-refractivity contribution in [3.63, 3.8) is 0 Å². The predicted octanol–water partition coefficient (Wildman–Crippen LogP) is 5.71. The van der Waals surface area contributed by atoms with Crippen LogP contribution in [0.2, 0.25) is 0 Å². The molecule has 5 nitrogen and oxygen atoms in total. The summed E-state index contributed by atoms with van der Waals surface area (Å²) in [5.41, 5.74) is 2.04. The summed E-state index contributed by atoms with van der Waals surface area (Å²) >= 11 is 0. The third kappa shape index (κ3) is 4.47. The highest BCUT2D eigenvalue weighted by Gasteiger charge is 2.36. The van der Waals surface area contributed by atoms with Gasteiger partial charge in [-0.2, -0.15) is 0 Å². The van der Waals surface area contributed by atoms with Crippen molar-refractivity contribution in [1.29, 1.82) is 0 Å². The quantitative estimate of drug-likeness (QED) is 0.300. The maximum Gasteiger partial charge on any atom is 0.573 e. The maximum absolute atomic E-state index is 14.0. The lowest BCUT2D eigenvalue weighted by Gasteiger charge is -2.49. The van der Waals surface area contributed by atoms with E-state index in [1.165, 1.54) is 42.6 Å². The number of quaternary nitrogens is 1. The molecule has 2 unspecified atom stereocenters. The molecule has 2 aromatic carbocycles. The van der Waals surface area contributed by atoms with E-state index in [2.05, 4.69) is 9.72 Å². The molecule has 0 amide bonds. The first kappa shape index (κ1) is 21.1. The summed E-state index contributed by atoms with van der Waals surface area (Å²) in [6.07, 6.45) is -3.33. The van der Waals surface area contributed by atoms with Gasteiger partial charge in [-0.3, -0.25) is 4.98 Å². The van der Waals surface area contributed by atoms with Crippen LogP contribution in [0.1, 0.15) is 24.2 Å². The van der Waals surface area contributed by atoms with Crippen LogP contribution in [0.25, 0.3) is 11.1 Å². The van der Waals surface area contributed by atoms with Crippen LogP contribution in [0.5, 0.6) is 11.5 Å². The second-order valence-corrected chi connectivity index (χ2v) is 7.32. The molecule has 0 radical (unpaired) electrons. The third-order valence-electron chi connectivity index (χ3n) is 5.28. The minimum Gasteiger partial charge on any atom is -0.630 e. The molecule has 0 fully saturated rings. The zero-order valence-corrected chi connectivity index (χ0v) is 16.4. The molecule has 9 heteroatoms. The summed E-state index contributed by atoms with van der Waals surface area (Å²) < 4.78 is 59.8. The van der Waals surface area contributed by atoms with Gasteiger partial charge in [0.15, 0.2) is 5.82 Å². The molecule has 0 saturated heterocycles. The van der Waals surface area contributed by atoms with Gasteiger partial charge < -0.3 is 19.3 Å². The second-order valence-electron chi connectivity index (χ2n) is 7.32. The minimum atomic E-state index is -4.76. The largest absolute Gasteiger partial charge is 0.630 e. The zero-order valence-electron chi connectivity index (χ0n) is 16.4. The van der Waals surface area contributed by atoms with Crippen LogP contribution in [0.15, 0.2) is 60.8 Å². The number of hydrogen-bond donors (Lipinski definition) is 0. The fourth-order valence-corrected chi connectivity index (χ4v) is 3.55. The molecule has 0 aliphatic carbocycles. The van der Waals surface area contributed by atoms with E-state index in [0.717, 1.165) is 0 Å². The average molecular weight is 434 g/mol. The van der Waals surface area contributed by atoms with E-state index in [9.17, 15) is 22.8 Å². The van der Waals surface area contributed by atoms with Gasteiger partial charge >= 0.3 is 6.36 Å². The van der Waals surface area contributed by atoms with Crippen LogP contribution in [0, 0.1) is 11.0 Å². The van der Waals surface area contributed by atoms with Crippen LogP contribution in [0.4, 0.5) is 17.6 Å². The van der Waals surface area contributed by atoms with Crippen molar-refractivity contribution < 1.29 is 31.7 Å². The molecule has 1 aromatic heterocycles. The topological polar surface area (TPSA) is 54.4 Å². The number of halogens is 4. The minimum absolute atomic E-state index is 0.0628. The fourth-order valence-electron chi connectivity index (χ4n) is 3.55. The predicted molar refractivity (Wildman–Crippen MR) is 104 cm³/mol. The van der Waals surface area contributed by atoms with Crippen LogP contribution < -0.4 is 9.47 Å². The summed E-state index contributed by atoms with van der Waals surface area (Å²) in [7, 11) is 0. The molecule has 0 saturated carbocycles. The van der Waals surface area contributed by atoms with Crippen molar-refractivity contribution in [2.75, 3.05) is 6.73 Å². The van der Waals surface area contributed by atoms with E-state index in [1.54, 1.807) is 25.1 Å².